The fourth-order valence-electron chi connectivity index (χ4n) is 2.39. The highest BCUT2D eigenvalue weighted by Gasteiger charge is 2.24. The Morgan fingerprint density at radius 2 is 2.11 bits per heavy atom. The maximum atomic E-state index is 11.5. The molecule has 100 valence electrons. The van der Waals surface area contributed by atoms with Crippen molar-refractivity contribution in [3.05, 3.63) is 23.7 Å². The Bertz CT molecular complexity index is 405. The van der Waals surface area contributed by atoms with E-state index in [4.69, 9.17) is 13.9 Å². The van der Waals surface area contributed by atoms with Gasteiger partial charge in [-0.2, -0.15) is 0 Å². The number of ether oxygens (including phenoxy) is 2. The number of hydrogen-bond acceptors (Lipinski definition) is 5. The van der Waals surface area contributed by atoms with Crippen LogP contribution in [0.25, 0.3) is 0 Å². The highest BCUT2D eigenvalue weighted by molar-refractivity contribution is 5.87. The summed E-state index contributed by atoms with van der Waals surface area (Å²) in [6.45, 7) is 6.50. The van der Waals surface area contributed by atoms with E-state index in [0.717, 1.165) is 18.7 Å². The van der Waals surface area contributed by atoms with Crippen molar-refractivity contribution in [1.82, 2.24) is 4.90 Å². The van der Waals surface area contributed by atoms with Gasteiger partial charge in [-0.15, -0.1) is 0 Å². The van der Waals surface area contributed by atoms with Crippen LogP contribution in [0.3, 0.4) is 0 Å². The van der Waals surface area contributed by atoms with Crippen molar-refractivity contribution < 1.29 is 18.7 Å². The largest absolute Gasteiger partial charge is 0.463 e. The van der Waals surface area contributed by atoms with E-state index in [-0.39, 0.29) is 12.2 Å². The predicted molar refractivity (Wildman–Crippen MR) is 65.3 cm³/mol. The lowest BCUT2D eigenvalue weighted by atomic mass is 10.2. The third-order valence-corrected chi connectivity index (χ3v) is 3.01. The van der Waals surface area contributed by atoms with Gasteiger partial charge in [-0.3, -0.25) is 4.90 Å². The van der Waals surface area contributed by atoms with Crippen LogP contribution in [0.15, 0.2) is 16.7 Å². The Balaban J connectivity index is 2.05. The zero-order valence-corrected chi connectivity index (χ0v) is 11.0. The highest BCUT2D eigenvalue weighted by atomic mass is 16.5. The average Bonchev–Trinajstić information content (AvgIpc) is 2.74. The molecule has 2 rings (SSSR count). The molecule has 0 bridgehead atoms. The van der Waals surface area contributed by atoms with Gasteiger partial charge in [-0.1, -0.05) is 0 Å². The first-order chi connectivity index (χ1) is 8.60. The monoisotopic (exact) mass is 253 g/mol. The molecule has 0 aliphatic carbocycles. The Morgan fingerprint density at radius 1 is 1.44 bits per heavy atom. The third-order valence-electron chi connectivity index (χ3n) is 3.01. The lowest BCUT2D eigenvalue weighted by Crippen LogP contribution is -2.44. The number of carbonyl (C=O) groups excluding carboxylic acids is 1. The molecule has 0 radical (unpaired) electrons. The van der Waals surface area contributed by atoms with Crippen LogP contribution in [0.5, 0.6) is 0 Å². The summed E-state index contributed by atoms with van der Waals surface area (Å²) in [6.07, 6.45) is 1.94. The number of nitrogens with zero attached hydrogens (tertiary/aromatic N) is 1. The summed E-state index contributed by atoms with van der Waals surface area (Å²) < 4.78 is 15.5. The second-order valence-corrected chi connectivity index (χ2v) is 4.72. The van der Waals surface area contributed by atoms with Gasteiger partial charge in [0.1, 0.15) is 0 Å². The minimum atomic E-state index is -0.427. The molecular formula is C13H19NO4. The van der Waals surface area contributed by atoms with Crippen molar-refractivity contribution in [2.75, 3.05) is 20.2 Å². The fraction of sp³-hybridized carbons (Fsp3) is 0.615. The zero-order chi connectivity index (χ0) is 13.1. The van der Waals surface area contributed by atoms with Crippen LogP contribution in [0, 0.1) is 0 Å². The first-order valence-corrected chi connectivity index (χ1v) is 6.12. The standard InChI is InChI=1S/C13H19NO4/c1-9-6-14(7-10(2)18-9)8-11-4-5-17-12(11)13(15)16-3/h4-5,9-10H,6-8H2,1-3H3. The molecule has 0 aromatic carbocycles. The van der Waals surface area contributed by atoms with E-state index in [2.05, 4.69) is 18.7 Å². The molecule has 0 N–H and O–H groups in total. The van der Waals surface area contributed by atoms with Crippen molar-refractivity contribution >= 4 is 5.97 Å². The fourth-order valence-corrected chi connectivity index (χ4v) is 2.39. The molecule has 1 aliphatic heterocycles. The average molecular weight is 253 g/mol. The number of morpholine rings is 1. The van der Waals surface area contributed by atoms with Crippen LogP contribution >= 0.6 is 0 Å². The van der Waals surface area contributed by atoms with E-state index in [1.165, 1.54) is 13.4 Å². The molecular weight excluding hydrogens is 234 g/mol. The second-order valence-electron chi connectivity index (χ2n) is 4.72. The van der Waals surface area contributed by atoms with Crippen LogP contribution < -0.4 is 0 Å². The van der Waals surface area contributed by atoms with Crippen LogP contribution in [-0.4, -0.2) is 43.3 Å². The van der Waals surface area contributed by atoms with E-state index < -0.39 is 5.97 Å². The van der Waals surface area contributed by atoms with Crippen LogP contribution in [0.1, 0.15) is 30.0 Å². The molecule has 2 atom stereocenters. The Morgan fingerprint density at radius 3 is 2.72 bits per heavy atom. The third kappa shape index (κ3) is 2.91. The topological polar surface area (TPSA) is 51.9 Å². The van der Waals surface area contributed by atoms with E-state index in [1.54, 1.807) is 0 Å². The maximum absolute atomic E-state index is 11.5. The number of esters is 1. The SMILES string of the molecule is COC(=O)c1occc1CN1CC(C)OC(C)C1. The van der Waals surface area contributed by atoms with Crippen LogP contribution in [0.2, 0.25) is 0 Å². The molecule has 1 aromatic rings. The van der Waals surface area contributed by atoms with Crippen molar-refractivity contribution in [1.29, 1.82) is 0 Å². The Labute approximate surface area is 107 Å². The number of rotatable bonds is 3. The van der Waals surface area contributed by atoms with Gasteiger partial charge in [0.15, 0.2) is 0 Å². The molecule has 18 heavy (non-hydrogen) atoms. The smallest absolute Gasteiger partial charge is 0.374 e. The van der Waals surface area contributed by atoms with E-state index >= 15 is 0 Å². The molecule has 0 spiro atoms. The summed E-state index contributed by atoms with van der Waals surface area (Å²) in [5, 5.41) is 0. The molecule has 1 fully saturated rings. The first-order valence-electron chi connectivity index (χ1n) is 6.12. The lowest BCUT2D eigenvalue weighted by molar-refractivity contribution is -0.0705. The molecule has 1 saturated heterocycles. The predicted octanol–water partition coefficient (Wildman–Crippen LogP) is 1.68. The molecule has 1 aliphatic rings. The van der Waals surface area contributed by atoms with Gasteiger partial charge in [0, 0.05) is 25.2 Å². The normalized spacial score (nSPS) is 25.1. The quantitative estimate of drug-likeness (QED) is 0.767. The van der Waals surface area contributed by atoms with Gasteiger partial charge in [0.2, 0.25) is 5.76 Å². The van der Waals surface area contributed by atoms with Crippen molar-refractivity contribution in [2.24, 2.45) is 0 Å². The summed E-state index contributed by atoms with van der Waals surface area (Å²) in [4.78, 5) is 13.8. The summed E-state index contributed by atoms with van der Waals surface area (Å²) in [7, 11) is 1.35. The molecule has 5 nitrogen and oxygen atoms in total. The number of carbonyl (C=O) groups is 1. The molecule has 0 saturated carbocycles. The van der Waals surface area contributed by atoms with Crippen molar-refractivity contribution in [3.8, 4) is 0 Å². The molecule has 1 aromatic heterocycles. The maximum Gasteiger partial charge on any atom is 0.374 e. The van der Waals surface area contributed by atoms with Gasteiger partial charge in [-0.25, -0.2) is 4.79 Å². The zero-order valence-electron chi connectivity index (χ0n) is 11.0. The van der Waals surface area contributed by atoms with Gasteiger partial charge in [-0.05, 0) is 19.9 Å². The molecule has 5 heteroatoms. The summed E-state index contributed by atoms with van der Waals surface area (Å²) in [5.41, 5.74) is 0.864. The lowest BCUT2D eigenvalue weighted by Gasteiger charge is -2.35. The van der Waals surface area contributed by atoms with E-state index in [1.807, 2.05) is 6.07 Å². The van der Waals surface area contributed by atoms with Crippen LogP contribution in [0.4, 0.5) is 0 Å². The van der Waals surface area contributed by atoms with E-state index in [0.29, 0.717) is 12.3 Å². The van der Waals surface area contributed by atoms with Gasteiger partial charge < -0.3 is 13.9 Å². The summed E-state index contributed by atoms with van der Waals surface area (Å²) >= 11 is 0. The molecule has 2 heterocycles. The van der Waals surface area contributed by atoms with Gasteiger partial charge in [0.25, 0.3) is 0 Å². The summed E-state index contributed by atoms with van der Waals surface area (Å²) in [6, 6.07) is 1.82. The Hall–Kier alpha value is -1.33. The number of furan rings is 1. The molecule has 2 unspecified atom stereocenters. The highest BCUT2D eigenvalue weighted by Crippen LogP contribution is 2.18. The van der Waals surface area contributed by atoms with Gasteiger partial charge >= 0.3 is 5.97 Å². The summed E-state index contributed by atoms with van der Waals surface area (Å²) in [5.74, 6) is -0.131. The van der Waals surface area contributed by atoms with Gasteiger partial charge in [0.05, 0.1) is 25.6 Å². The minimum absolute atomic E-state index is 0.210. The number of hydrogen-bond donors (Lipinski definition) is 0. The molecule has 0 amide bonds. The van der Waals surface area contributed by atoms with Crippen molar-refractivity contribution in [3.63, 3.8) is 0 Å². The number of methoxy groups -OCH3 is 1. The van der Waals surface area contributed by atoms with Crippen molar-refractivity contribution in [2.45, 2.75) is 32.6 Å². The first kappa shape index (κ1) is 13.1. The minimum Gasteiger partial charge on any atom is -0.463 e. The Kier molecular flexibility index (Phi) is 4.04. The van der Waals surface area contributed by atoms with Crippen LogP contribution in [-0.2, 0) is 16.0 Å². The van der Waals surface area contributed by atoms with E-state index in [9.17, 15) is 4.79 Å². The second kappa shape index (κ2) is 5.54.